The smallest absolute Gasteiger partial charge is 0.0641 e. The van der Waals surface area contributed by atoms with Crippen molar-refractivity contribution in [1.29, 1.82) is 0 Å². The molecule has 0 unspecified atom stereocenters. The van der Waals surface area contributed by atoms with Gasteiger partial charge in [0.25, 0.3) is 0 Å². The highest BCUT2D eigenvalue weighted by atomic mass is 15.3. The van der Waals surface area contributed by atoms with Gasteiger partial charge >= 0.3 is 0 Å². The lowest BCUT2D eigenvalue weighted by Crippen LogP contribution is -1.93. The molecule has 0 amide bonds. The van der Waals surface area contributed by atoms with E-state index in [0.29, 0.717) is 0 Å². The van der Waals surface area contributed by atoms with Crippen LogP contribution in [0.5, 0.6) is 0 Å². The van der Waals surface area contributed by atoms with Gasteiger partial charge in [0.15, 0.2) is 0 Å². The van der Waals surface area contributed by atoms with E-state index in [2.05, 4.69) is 31.1 Å². The topological polar surface area (TPSA) is 17.8 Å². The Morgan fingerprint density at radius 1 is 1.36 bits per heavy atom. The van der Waals surface area contributed by atoms with Crippen LogP contribution in [0.15, 0.2) is 18.2 Å². The Kier molecular flexibility index (Phi) is 3.69. The van der Waals surface area contributed by atoms with Gasteiger partial charge in [0.1, 0.15) is 0 Å². The van der Waals surface area contributed by atoms with Crippen molar-refractivity contribution < 1.29 is 0 Å². The first-order valence-corrected chi connectivity index (χ1v) is 5.02. The van der Waals surface area contributed by atoms with E-state index in [0.717, 1.165) is 12.1 Å². The van der Waals surface area contributed by atoms with E-state index in [1.165, 1.54) is 11.3 Å². The van der Waals surface area contributed by atoms with Gasteiger partial charge in [0, 0.05) is 12.6 Å². The maximum atomic E-state index is 4.40. The first-order chi connectivity index (χ1) is 6.70. The lowest BCUT2D eigenvalue weighted by Gasteiger charge is -1.97. The SMILES string of the molecule is C/C=C\C=C/c1c(CC)c(C)nn1C. The molecule has 0 radical (unpaired) electrons. The molecule has 1 aromatic rings. The Labute approximate surface area is 85.9 Å². The van der Waals surface area contributed by atoms with Crippen LogP contribution in [0.3, 0.4) is 0 Å². The number of aromatic nitrogens is 2. The summed E-state index contributed by atoms with van der Waals surface area (Å²) in [7, 11) is 1.99. The Morgan fingerprint density at radius 2 is 2.07 bits per heavy atom. The summed E-state index contributed by atoms with van der Waals surface area (Å²) in [5.74, 6) is 0. The molecular weight excluding hydrogens is 172 g/mol. The Bertz CT molecular complexity index is 357. The minimum Gasteiger partial charge on any atom is -0.268 e. The van der Waals surface area contributed by atoms with E-state index >= 15 is 0 Å². The van der Waals surface area contributed by atoms with E-state index in [9.17, 15) is 0 Å². The standard InChI is InChI=1S/C12H18N2/c1-5-7-8-9-12-11(6-2)10(3)13-14(12)4/h5,7-9H,6H2,1-4H3/b7-5-,9-8-. The largest absolute Gasteiger partial charge is 0.268 e. The normalized spacial score (nSPS) is 12.0. The van der Waals surface area contributed by atoms with E-state index in [4.69, 9.17) is 0 Å². The number of hydrogen-bond acceptors (Lipinski definition) is 1. The van der Waals surface area contributed by atoms with Crippen LogP contribution in [0, 0.1) is 6.92 Å². The first-order valence-electron chi connectivity index (χ1n) is 5.02. The van der Waals surface area contributed by atoms with Gasteiger partial charge in [-0.15, -0.1) is 0 Å². The van der Waals surface area contributed by atoms with Gasteiger partial charge in [-0.05, 0) is 26.3 Å². The third-order valence-electron chi connectivity index (χ3n) is 2.31. The molecule has 0 aliphatic carbocycles. The monoisotopic (exact) mass is 190 g/mol. The highest BCUT2D eigenvalue weighted by Crippen LogP contribution is 2.15. The van der Waals surface area contributed by atoms with Gasteiger partial charge in [-0.25, -0.2) is 0 Å². The van der Waals surface area contributed by atoms with E-state index in [1.807, 2.05) is 30.8 Å². The fourth-order valence-electron chi connectivity index (χ4n) is 1.62. The molecule has 2 nitrogen and oxygen atoms in total. The summed E-state index contributed by atoms with van der Waals surface area (Å²) in [6, 6.07) is 0. The van der Waals surface area contributed by atoms with Crippen LogP contribution >= 0.6 is 0 Å². The molecule has 0 aliphatic rings. The Balaban J connectivity index is 3.05. The Hall–Kier alpha value is -1.31. The summed E-state index contributed by atoms with van der Waals surface area (Å²) in [4.78, 5) is 0. The molecule has 1 rings (SSSR count). The van der Waals surface area contributed by atoms with Crippen molar-refractivity contribution >= 4 is 6.08 Å². The molecule has 2 heteroatoms. The van der Waals surface area contributed by atoms with Crippen LogP contribution in [0.4, 0.5) is 0 Å². The summed E-state index contributed by atoms with van der Waals surface area (Å²) >= 11 is 0. The van der Waals surface area contributed by atoms with Crippen molar-refractivity contribution in [3.63, 3.8) is 0 Å². The van der Waals surface area contributed by atoms with Crippen molar-refractivity contribution in [2.24, 2.45) is 7.05 Å². The van der Waals surface area contributed by atoms with Gasteiger partial charge in [0.05, 0.1) is 11.4 Å². The molecule has 0 aromatic carbocycles. The van der Waals surface area contributed by atoms with Crippen LogP contribution in [0.2, 0.25) is 0 Å². The molecule has 0 fully saturated rings. The number of aryl methyl sites for hydroxylation is 2. The number of nitrogens with zero attached hydrogens (tertiary/aromatic N) is 2. The van der Waals surface area contributed by atoms with Crippen LogP contribution < -0.4 is 0 Å². The third-order valence-corrected chi connectivity index (χ3v) is 2.31. The van der Waals surface area contributed by atoms with Crippen molar-refractivity contribution in [2.75, 3.05) is 0 Å². The average molecular weight is 190 g/mol. The molecule has 1 aromatic heterocycles. The lowest BCUT2D eigenvalue weighted by atomic mass is 10.1. The maximum absolute atomic E-state index is 4.40. The van der Waals surface area contributed by atoms with E-state index in [1.54, 1.807) is 0 Å². The van der Waals surface area contributed by atoms with Crippen LogP contribution in [-0.2, 0) is 13.5 Å². The third kappa shape index (κ3) is 2.13. The fraction of sp³-hybridized carbons (Fsp3) is 0.417. The minimum absolute atomic E-state index is 1.04. The molecule has 0 bridgehead atoms. The number of hydrogen-bond donors (Lipinski definition) is 0. The predicted octanol–water partition coefficient (Wildman–Crippen LogP) is 2.88. The second kappa shape index (κ2) is 4.80. The first kappa shape index (κ1) is 10.8. The van der Waals surface area contributed by atoms with Gasteiger partial charge in [-0.3, -0.25) is 4.68 Å². The zero-order valence-corrected chi connectivity index (χ0v) is 9.41. The average Bonchev–Trinajstić information content (AvgIpc) is 2.42. The van der Waals surface area contributed by atoms with Gasteiger partial charge < -0.3 is 0 Å². The van der Waals surface area contributed by atoms with Gasteiger partial charge in [-0.1, -0.05) is 25.2 Å². The predicted molar refractivity (Wildman–Crippen MR) is 61.2 cm³/mol. The number of allylic oxidation sites excluding steroid dienone is 3. The second-order valence-electron chi connectivity index (χ2n) is 3.31. The number of rotatable bonds is 3. The van der Waals surface area contributed by atoms with Crippen molar-refractivity contribution in [1.82, 2.24) is 9.78 Å². The Morgan fingerprint density at radius 3 is 2.64 bits per heavy atom. The molecule has 0 atom stereocenters. The summed E-state index contributed by atoms with van der Waals surface area (Å²) in [5.41, 5.74) is 3.69. The summed E-state index contributed by atoms with van der Waals surface area (Å²) in [5, 5.41) is 4.40. The van der Waals surface area contributed by atoms with E-state index in [-0.39, 0.29) is 0 Å². The lowest BCUT2D eigenvalue weighted by molar-refractivity contribution is 0.749. The quantitative estimate of drug-likeness (QED) is 0.670. The second-order valence-corrected chi connectivity index (χ2v) is 3.31. The highest BCUT2D eigenvalue weighted by molar-refractivity contribution is 5.52. The molecular formula is C12H18N2. The molecule has 0 N–H and O–H groups in total. The van der Waals surface area contributed by atoms with Crippen LogP contribution in [0.1, 0.15) is 30.8 Å². The molecule has 0 aliphatic heterocycles. The highest BCUT2D eigenvalue weighted by Gasteiger charge is 2.07. The maximum Gasteiger partial charge on any atom is 0.0641 e. The minimum atomic E-state index is 1.04. The van der Waals surface area contributed by atoms with Crippen molar-refractivity contribution in [2.45, 2.75) is 27.2 Å². The van der Waals surface area contributed by atoms with Crippen LogP contribution in [-0.4, -0.2) is 9.78 Å². The molecule has 0 spiro atoms. The zero-order valence-electron chi connectivity index (χ0n) is 9.41. The molecule has 1 heterocycles. The summed E-state index contributed by atoms with van der Waals surface area (Å²) in [6.07, 6.45) is 9.25. The van der Waals surface area contributed by atoms with E-state index < -0.39 is 0 Å². The molecule has 76 valence electrons. The molecule has 0 saturated carbocycles. The summed E-state index contributed by atoms with van der Waals surface area (Å²) in [6.45, 7) is 6.24. The van der Waals surface area contributed by atoms with Crippen molar-refractivity contribution in [3.05, 3.63) is 35.2 Å². The van der Waals surface area contributed by atoms with Gasteiger partial charge in [-0.2, -0.15) is 5.10 Å². The molecule has 14 heavy (non-hydrogen) atoms. The van der Waals surface area contributed by atoms with Crippen molar-refractivity contribution in [3.8, 4) is 0 Å². The fourth-order valence-corrected chi connectivity index (χ4v) is 1.62. The van der Waals surface area contributed by atoms with Gasteiger partial charge in [0.2, 0.25) is 0 Å². The zero-order chi connectivity index (χ0) is 10.6. The van der Waals surface area contributed by atoms with Crippen LogP contribution in [0.25, 0.3) is 6.08 Å². The summed E-state index contributed by atoms with van der Waals surface area (Å²) < 4.78 is 1.94. The molecule has 0 saturated heterocycles.